The highest BCUT2D eigenvalue weighted by Crippen LogP contribution is 2.27. The Morgan fingerprint density at radius 1 is 0.567 bits per heavy atom. The molecule has 2 amide bonds. The number of methoxy groups -OCH3 is 4. The maximum atomic E-state index is 13.9. The van der Waals surface area contributed by atoms with Gasteiger partial charge >= 0.3 is 24.1 Å². The average Bonchev–Trinajstić information content (AvgIpc) is 3.71. The molecule has 0 aliphatic rings. The third-order valence-electron chi connectivity index (χ3n) is 9.22. The monoisotopic (exact) mass is 838 g/mol. The van der Waals surface area contributed by atoms with Crippen molar-refractivity contribution in [3.63, 3.8) is 0 Å². The van der Waals surface area contributed by atoms with Crippen molar-refractivity contribution in [3.05, 3.63) is 72.1 Å². The number of unbranched alkanes of at least 4 members (excludes halogenated alkanes) is 1. The van der Waals surface area contributed by atoms with E-state index in [9.17, 15) is 19.2 Å². The van der Waals surface area contributed by atoms with E-state index in [-0.39, 0.29) is 39.5 Å². The van der Waals surface area contributed by atoms with Crippen LogP contribution in [0.4, 0.5) is 9.59 Å². The Morgan fingerprint density at radius 2 is 0.933 bits per heavy atom. The summed E-state index contributed by atoms with van der Waals surface area (Å²) in [5, 5.41) is 1.79. The first-order valence-electron chi connectivity index (χ1n) is 19.9. The van der Waals surface area contributed by atoms with E-state index in [2.05, 4.69) is 0 Å². The molecule has 0 bridgehead atoms. The molecular weight excluding hydrogens is 776 g/mol. The average molecular weight is 839 g/mol. The van der Waals surface area contributed by atoms with E-state index in [1.165, 1.54) is 24.0 Å². The number of hydrogen-bond donors (Lipinski definition) is 0. The summed E-state index contributed by atoms with van der Waals surface area (Å²) in [4.78, 5) is 57.3. The lowest BCUT2D eigenvalue weighted by atomic mass is 10.0. The first-order valence-corrected chi connectivity index (χ1v) is 19.9. The van der Waals surface area contributed by atoms with Gasteiger partial charge in [0, 0.05) is 64.4 Å². The van der Waals surface area contributed by atoms with Crippen LogP contribution in [0.3, 0.4) is 0 Å². The fraction of sp³-hybridized carbons (Fsp3) is 0.545. The SMILES string of the molecule is COCN(C(=O)OC(C)(C)C)[C@@H](Cc1cn(COC)c2ccccc12)C(=O)OCCCCOC(=O)[C@H](Cc1cn(COC)c2ccccc12)N(COC)C(=O)OC(C)(C)C. The molecule has 60 heavy (non-hydrogen) atoms. The van der Waals surface area contributed by atoms with Crippen LogP contribution in [0, 0.1) is 0 Å². The van der Waals surface area contributed by atoms with E-state index >= 15 is 0 Å². The second-order valence-electron chi connectivity index (χ2n) is 16.3. The van der Waals surface area contributed by atoms with Crippen LogP contribution in [0.1, 0.15) is 65.5 Å². The van der Waals surface area contributed by atoms with Crippen LogP contribution >= 0.6 is 0 Å². The van der Waals surface area contributed by atoms with Gasteiger partial charge in [-0.25, -0.2) is 19.2 Å². The van der Waals surface area contributed by atoms with Crippen molar-refractivity contribution in [2.45, 2.75) is 104 Å². The number of rotatable bonds is 21. The number of ether oxygens (including phenoxy) is 8. The molecule has 0 unspecified atom stereocenters. The van der Waals surface area contributed by atoms with Crippen LogP contribution in [0.5, 0.6) is 0 Å². The highest BCUT2D eigenvalue weighted by atomic mass is 16.6. The van der Waals surface area contributed by atoms with Crippen molar-refractivity contribution in [1.29, 1.82) is 0 Å². The molecule has 0 saturated carbocycles. The summed E-state index contributed by atoms with van der Waals surface area (Å²) in [6.45, 7) is 10.5. The number of nitrogens with zero attached hydrogens (tertiary/aromatic N) is 4. The summed E-state index contributed by atoms with van der Waals surface area (Å²) in [6.07, 6.45) is 3.21. The Balaban J connectivity index is 1.49. The molecule has 4 aromatic rings. The minimum atomic E-state index is -1.10. The Morgan fingerprint density at radius 3 is 1.27 bits per heavy atom. The molecule has 330 valence electrons. The number of hydrogen-bond acceptors (Lipinski definition) is 12. The second kappa shape index (κ2) is 21.9. The third kappa shape index (κ3) is 13.2. The zero-order valence-corrected chi connectivity index (χ0v) is 36.7. The molecule has 2 aromatic carbocycles. The van der Waals surface area contributed by atoms with Gasteiger partial charge in [0.25, 0.3) is 0 Å². The van der Waals surface area contributed by atoms with Crippen molar-refractivity contribution < 1.29 is 57.1 Å². The summed E-state index contributed by atoms with van der Waals surface area (Å²) in [6, 6.07) is 13.2. The number of fused-ring (bicyclic) bond motifs is 2. The number of aromatic nitrogens is 2. The summed E-state index contributed by atoms with van der Waals surface area (Å²) in [5.74, 6) is -1.31. The molecule has 0 aliphatic heterocycles. The van der Waals surface area contributed by atoms with Gasteiger partial charge in [0.2, 0.25) is 0 Å². The van der Waals surface area contributed by atoms with Gasteiger partial charge in [0.1, 0.15) is 50.2 Å². The molecule has 0 spiro atoms. The maximum absolute atomic E-state index is 13.9. The van der Waals surface area contributed by atoms with Crippen LogP contribution in [0.15, 0.2) is 60.9 Å². The highest BCUT2D eigenvalue weighted by Gasteiger charge is 2.37. The summed E-state index contributed by atoms with van der Waals surface area (Å²) in [5.41, 5.74) is 1.74. The topological polar surface area (TPSA) is 158 Å². The Hall–Kier alpha value is -5.16. The fourth-order valence-corrected chi connectivity index (χ4v) is 6.72. The minimum absolute atomic E-state index is 0.0242. The molecule has 0 aliphatic carbocycles. The highest BCUT2D eigenvalue weighted by molar-refractivity contribution is 5.88. The van der Waals surface area contributed by atoms with E-state index in [4.69, 9.17) is 37.9 Å². The predicted molar refractivity (Wildman–Crippen MR) is 224 cm³/mol. The number of carbonyl (C=O) groups excluding carboxylic acids is 4. The number of amides is 2. The Labute approximate surface area is 352 Å². The second-order valence-corrected chi connectivity index (χ2v) is 16.3. The Bertz CT molecular complexity index is 1880. The Kier molecular flexibility index (Phi) is 17.3. The van der Waals surface area contributed by atoms with Crippen molar-refractivity contribution in [1.82, 2.24) is 18.9 Å². The van der Waals surface area contributed by atoms with E-state index in [1.807, 2.05) is 70.1 Å². The maximum Gasteiger partial charge on any atom is 0.412 e. The largest absolute Gasteiger partial charge is 0.464 e. The summed E-state index contributed by atoms with van der Waals surface area (Å²) < 4.78 is 48.3. The van der Waals surface area contributed by atoms with Crippen LogP contribution in [0.25, 0.3) is 21.8 Å². The van der Waals surface area contributed by atoms with Gasteiger partial charge in [-0.2, -0.15) is 0 Å². The van der Waals surface area contributed by atoms with Crippen molar-refractivity contribution in [2.24, 2.45) is 0 Å². The van der Waals surface area contributed by atoms with E-state index in [0.717, 1.165) is 32.9 Å². The zero-order valence-electron chi connectivity index (χ0n) is 36.7. The van der Waals surface area contributed by atoms with Crippen LogP contribution in [-0.2, 0) is 73.8 Å². The third-order valence-corrected chi connectivity index (χ3v) is 9.22. The van der Waals surface area contributed by atoms with Gasteiger partial charge < -0.3 is 47.0 Å². The van der Waals surface area contributed by atoms with Crippen LogP contribution in [0.2, 0.25) is 0 Å². The minimum Gasteiger partial charge on any atom is -0.464 e. The van der Waals surface area contributed by atoms with Gasteiger partial charge in [-0.3, -0.25) is 9.80 Å². The van der Waals surface area contributed by atoms with E-state index in [0.29, 0.717) is 26.3 Å². The van der Waals surface area contributed by atoms with E-state index < -0.39 is 47.4 Å². The number of benzene rings is 2. The first kappa shape index (κ1) is 47.5. The molecule has 0 N–H and O–H groups in total. The number of para-hydroxylation sites is 2. The first-order chi connectivity index (χ1) is 28.5. The number of esters is 2. The summed E-state index contributed by atoms with van der Waals surface area (Å²) >= 11 is 0. The van der Waals surface area contributed by atoms with Gasteiger partial charge in [0.05, 0.1) is 24.2 Å². The van der Waals surface area contributed by atoms with Crippen molar-refractivity contribution in [2.75, 3.05) is 55.1 Å². The standard InChI is InChI=1S/C44H62N4O12/c1-43(2,3)59-41(51)47(29-55-9)37(23-31-25-45(27-53-7)35-19-13-11-17-33(31)35)39(49)57-21-15-16-22-58-40(50)38(48(30-56-10)42(52)60-44(4,5)6)24-32-26-46(28-54-8)36-20-14-12-18-34(32)36/h11-14,17-20,25-26,37-38H,15-16,21-24,27-30H2,1-10H3/t37-,38-/m0/s1. The van der Waals surface area contributed by atoms with Crippen LogP contribution < -0.4 is 0 Å². The fourth-order valence-electron chi connectivity index (χ4n) is 6.72. The van der Waals surface area contributed by atoms with Gasteiger partial charge in [-0.05, 0) is 77.6 Å². The van der Waals surface area contributed by atoms with Crippen molar-refractivity contribution in [3.8, 4) is 0 Å². The molecule has 16 heteroatoms. The smallest absolute Gasteiger partial charge is 0.412 e. The predicted octanol–water partition coefficient (Wildman–Crippen LogP) is 6.87. The molecule has 4 rings (SSSR count). The number of carbonyl (C=O) groups is 4. The zero-order chi connectivity index (χ0) is 44.0. The van der Waals surface area contributed by atoms with Crippen molar-refractivity contribution >= 4 is 45.9 Å². The lowest BCUT2D eigenvalue weighted by molar-refractivity contribution is -0.154. The molecule has 2 atom stereocenters. The lowest BCUT2D eigenvalue weighted by Crippen LogP contribution is -2.50. The molecule has 0 fully saturated rings. The molecule has 0 saturated heterocycles. The van der Waals surface area contributed by atoms with Crippen LogP contribution in [-0.4, -0.2) is 121 Å². The molecule has 2 heterocycles. The molecule has 0 radical (unpaired) electrons. The lowest BCUT2D eigenvalue weighted by Gasteiger charge is -2.32. The van der Waals surface area contributed by atoms with E-state index in [1.54, 1.807) is 55.8 Å². The molecule has 16 nitrogen and oxygen atoms in total. The van der Waals surface area contributed by atoms with Gasteiger partial charge in [0.15, 0.2) is 0 Å². The van der Waals surface area contributed by atoms with Gasteiger partial charge in [-0.15, -0.1) is 0 Å². The molecule has 2 aromatic heterocycles. The summed E-state index contributed by atoms with van der Waals surface area (Å²) in [7, 11) is 6.05. The van der Waals surface area contributed by atoms with Gasteiger partial charge in [-0.1, -0.05) is 36.4 Å². The quantitative estimate of drug-likeness (QED) is 0.0372. The normalized spacial score (nSPS) is 12.9. The molecular formula is C44H62N4O12.